The minimum Gasteiger partial charge on any atom is -0.396 e. The Kier molecular flexibility index (Phi) is 5.43. The van der Waals surface area contributed by atoms with Crippen LogP contribution >= 0.6 is 0 Å². The molecule has 0 saturated heterocycles. The van der Waals surface area contributed by atoms with Gasteiger partial charge in [-0.25, -0.2) is 0 Å². The molecule has 0 fully saturated rings. The highest BCUT2D eigenvalue weighted by Gasteiger charge is 2.15. The normalized spacial score (nSPS) is 15.1. The van der Waals surface area contributed by atoms with Crippen molar-refractivity contribution in [3.63, 3.8) is 0 Å². The molecule has 0 saturated carbocycles. The predicted molar refractivity (Wildman–Crippen MR) is 66.1 cm³/mol. The van der Waals surface area contributed by atoms with Crippen molar-refractivity contribution in [3.05, 3.63) is 30.1 Å². The zero-order valence-electron chi connectivity index (χ0n) is 10.4. The summed E-state index contributed by atoms with van der Waals surface area (Å²) in [4.78, 5) is 4.15. The first kappa shape index (κ1) is 13.1. The standard InChI is InChI=1S/C13H22N2O/c1-10(2)13(15-7-11(3)9-16)12-5-4-6-14-8-12/h4-6,8,10-11,13,15-16H,7,9H2,1-3H3. The summed E-state index contributed by atoms with van der Waals surface area (Å²) in [6.45, 7) is 7.47. The van der Waals surface area contributed by atoms with Gasteiger partial charge in [0.15, 0.2) is 0 Å². The van der Waals surface area contributed by atoms with E-state index in [1.807, 2.05) is 19.2 Å². The van der Waals surface area contributed by atoms with Crippen molar-refractivity contribution < 1.29 is 5.11 Å². The summed E-state index contributed by atoms with van der Waals surface area (Å²) in [7, 11) is 0. The second-order valence-electron chi connectivity index (χ2n) is 4.70. The fourth-order valence-electron chi connectivity index (χ4n) is 1.69. The van der Waals surface area contributed by atoms with Crippen LogP contribution in [-0.4, -0.2) is 23.2 Å². The molecule has 0 aliphatic rings. The van der Waals surface area contributed by atoms with E-state index in [0.29, 0.717) is 12.0 Å². The molecule has 0 aliphatic carbocycles. The van der Waals surface area contributed by atoms with E-state index >= 15 is 0 Å². The van der Waals surface area contributed by atoms with Crippen LogP contribution in [0.3, 0.4) is 0 Å². The van der Waals surface area contributed by atoms with Gasteiger partial charge in [-0.1, -0.05) is 26.8 Å². The highest BCUT2D eigenvalue weighted by Crippen LogP contribution is 2.20. The highest BCUT2D eigenvalue weighted by atomic mass is 16.3. The fourth-order valence-corrected chi connectivity index (χ4v) is 1.69. The van der Waals surface area contributed by atoms with E-state index in [4.69, 9.17) is 5.11 Å². The molecule has 2 atom stereocenters. The fraction of sp³-hybridized carbons (Fsp3) is 0.615. The third-order valence-corrected chi connectivity index (χ3v) is 2.71. The molecular weight excluding hydrogens is 200 g/mol. The number of nitrogens with zero attached hydrogens (tertiary/aromatic N) is 1. The second kappa shape index (κ2) is 6.61. The minimum absolute atomic E-state index is 0.227. The third-order valence-electron chi connectivity index (χ3n) is 2.71. The number of nitrogens with one attached hydrogen (secondary N) is 1. The molecule has 3 heteroatoms. The summed E-state index contributed by atoms with van der Waals surface area (Å²) in [5, 5.41) is 12.5. The largest absolute Gasteiger partial charge is 0.396 e. The van der Waals surface area contributed by atoms with Crippen molar-refractivity contribution in [1.29, 1.82) is 0 Å². The van der Waals surface area contributed by atoms with Crippen molar-refractivity contribution in [2.45, 2.75) is 26.8 Å². The number of hydrogen-bond acceptors (Lipinski definition) is 3. The Morgan fingerprint density at radius 1 is 1.38 bits per heavy atom. The smallest absolute Gasteiger partial charge is 0.0468 e. The summed E-state index contributed by atoms with van der Waals surface area (Å²) in [5.74, 6) is 0.799. The first-order valence-corrected chi connectivity index (χ1v) is 5.89. The zero-order valence-corrected chi connectivity index (χ0v) is 10.4. The molecule has 1 aromatic rings. The van der Waals surface area contributed by atoms with Crippen LogP contribution in [0.25, 0.3) is 0 Å². The van der Waals surface area contributed by atoms with E-state index in [0.717, 1.165) is 6.54 Å². The van der Waals surface area contributed by atoms with Crippen molar-refractivity contribution in [3.8, 4) is 0 Å². The van der Waals surface area contributed by atoms with E-state index in [9.17, 15) is 0 Å². The average Bonchev–Trinajstić information content (AvgIpc) is 2.30. The van der Waals surface area contributed by atoms with Crippen LogP contribution in [0.15, 0.2) is 24.5 Å². The Morgan fingerprint density at radius 3 is 2.62 bits per heavy atom. The second-order valence-corrected chi connectivity index (χ2v) is 4.70. The highest BCUT2D eigenvalue weighted by molar-refractivity contribution is 5.14. The first-order chi connectivity index (χ1) is 7.65. The Balaban J connectivity index is 2.62. The minimum atomic E-state index is 0.227. The van der Waals surface area contributed by atoms with E-state index in [2.05, 4.69) is 30.2 Å². The average molecular weight is 222 g/mol. The maximum absolute atomic E-state index is 9.00. The molecule has 0 bridgehead atoms. The van der Waals surface area contributed by atoms with Gasteiger partial charge in [0.1, 0.15) is 0 Å². The molecule has 1 aromatic heterocycles. The molecule has 0 aromatic carbocycles. The van der Waals surface area contributed by atoms with Crippen LogP contribution in [0, 0.1) is 11.8 Å². The van der Waals surface area contributed by atoms with Crippen LogP contribution < -0.4 is 5.32 Å². The van der Waals surface area contributed by atoms with Crippen LogP contribution in [0.5, 0.6) is 0 Å². The lowest BCUT2D eigenvalue weighted by molar-refractivity contribution is 0.226. The van der Waals surface area contributed by atoms with Crippen LogP contribution in [-0.2, 0) is 0 Å². The summed E-state index contributed by atoms with van der Waals surface area (Å²) in [6.07, 6.45) is 3.69. The summed E-state index contributed by atoms with van der Waals surface area (Å²) in [6, 6.07) is 4.36. The van der Waals surface area contributed by atoms with Crippen LogP contribution in [0.1, 0.15) is 32.4 Å². The summed E-state index contributed by atoms with van der Waals surface area (Å²) < 4.78 is 0. The van der Waals surface area contributed by atoms with Gasteiger partial charge in [0.25, 0.3) is 0 Å². The van der Waals surface area contributed by atoms with E-state index in [-0.39, 0.29) is 12.5 Å². The molecule has 1 heterocycles. The third kappa shape index (κ3) is 3.91. The van der Waals surface area contributed by atoms with Crippen LogP contribution in [0.2, 0.25) is 0 Å². The first-order valence-electron chi connectivity index (χ1n) is 5.89. The van der Waals surface area contributed by atoms with E-state index < -0.39 is 0 Å². The maximum Gasteiger partial charge on any atom is 0.0468 e. The molecule has 90 valence electrons. The molecule has 3 nitrogen and oxygen atoms in total. The van der Waals surface area contributed by atoms with Crippen molar-refractivity contribution in [2.24, 2.45) is 11.8 Å². The lowest BCUT2D eigenvalue weighted by atomic mass is 9.97. The Morgan fingerprint density at radius 2 is 2.12 bits per heavy atom. The van der Waals surface area contributed by atoms with E-state index in [1.165, 1.54) is 5.56 Å². The maximum atomic E-state index is 9.00. The van der Waals surface area contributed by atoms with Gasteiger partial charge < -0.3 is 10.4 Å². The summed E-state index contributed by atoms with van der Waals surface area (Å²) >= 11 is 0. The summed E-state index contributed by atoms with van der Waals surface area (Å²) in [5.41, 5.74) is 1.21. The molecule has 2 unspecified atom stereocenters. The lowest BCUT2D eigenvalue weighted by Gasteiger charge is -2.24. The monoisotopic (exact) mass is 222 g/mol. The molecule has 0 aliphatic heterocycles. The number of hydrogen-bond donors (Lipinski definition) is 2. The molecule has 1 rings (SSSR count). The van der Waals surface area contributed by atoms with Gasteiger partial charge in [-0.05, 0) is 23.5 Å². The van der Waals surface area contributed by atoms with Gasteiger partial charge in [-0.2, -0.15) is 0 Å². The SMILES string of the molecule is CC(CO)CNC(c1cccnc1)C(C)C. The van der Waals surface area contributed by atoms with Gasteiger partial charge >= 0.3 is 0 Å². The van der Waals surface area contributed by atoms with Gasteiger partial charge in [-0.15, -0.1) is 0 Å². The molecule has 2 N–H and O–H groups in total. The zero-order chi connectivity index (χ0) is 12.0. The predicted octanol–water partition coefficient (Wildman–Crippen LogP) is 2.00. The van der Waals surface area contributed by atoms with Gasteiger partial charge in [0, 0.05) is 31.6 Å². The molecule has 0 spiro atoms. The molecule has 0 amide bonds. The number of rotatable bonds is 6. The van der Waals surface area contributed by atoms with E-state index in [1.54, 1.807) is 6.20 Å². The number of aliphatic hydroxyl groups excluding tert-OH is 1. The Hall–Kier alpha value is -0.930. The quantitative estimate of drug-likeness (QED) is 0.774. The molecule has 0 radical (unpaired) electrons. The van der Waals surface area contributed by atoms with Gasteiger partial charge in [-0.3, -0.25) is 4.98 Å². The lowest BCUT2D eigenvalue weighted by Crippen LogP contribution is -2.30. The Bertz CT molecular complexity index is 287. The van der Waals surface area contributed by atoms with Crippen molar-refractivity contribution in [1.82, 2.24) is 10.3 Å². The Labute approximate surface area is 97.9 Å². The number of aromatic nitrogens is 1. The van der Waals surface area contributed by atoms with Crippen molar-refractivity contribution in [2.75, 3.05) is 13.2 Å². The van der Waals surface area contributed by atoms with Gasteiger partial charge in [0.2, 0.25) is 0 Å². The van der Waals surface area contributed by atoms with Crippen molar-refractivity contribution >= 4 is 0 Å². The number of aliphatic hydroxyl groups is 1. The topological polar surface area (TPSA) is 45.1 Å². The van der Waals surface area contributed by atoms with Gasteiger partial charge in [0.05, 0.1) is 0 Å². The molecule has 16 heavy (non-hydrogen) atoms. The molecular formula is C13H22N2O. The van der Waals surface area contributed by atoms with Crippen LogP contribution in [0.4, 0.5) is 0 Å². The number of pyridine rings is 1.